The molecule has 0 N–H and O–H groups in total. The summed E-state index contributed by atoms with van der Waals surface area (Å²) in [6.45, 7) is 2.12. The van der Waals surface area contributed by atoms with Crippen LogP contribution in [-0.2, 0) is 4.74 Å². The summed E-state index contributed by atoms with van der Waals surface area (Å²) >= 11 is 4.90. The summed E-state index contributed by atoms with van der Waals surface area (Å²) in [4.78, 5) is 10.0. The normalized spacial score (nSPS) is 11.7. The second-order valence-corrected chi connectivity index (χ2v) is 2.57. The largest absolute Gasteiger partial charge is 0.454 e. The topological polar surface area (TPSA) is 50.1 Å². The molecule has 0 bridgehead atoms. The Bertz CT molecular complexity index is 164. The molecule has 0 aliphatic rings. The summed E-state index contributed by atoms with van der Waals surface area (Å²) in [5, 5.41) is 8.36. The second kappa shape index (κ2) is 5.99. The average molecular weight is 176 g/mol. The highest BCUT2D eigenvalue weighted by atomic mass is 35.5. The number of carbonyl (C=O) groups is 1. The molecule has 0 saturated carbocycles. The highest BCUT2D eigenvalue weighted by molar-refractivity contribution is 6.61. The van der Waals surface area contributed by atoms with E-state index >= 15 is 0 Å². The zero-order valence-electron chi connectivity index (χ0n) is 6.34. The maximum Gasteiger partial charge on any atom is 0.403 e. The molecule has 0 aliphatic heterocycles. The van der Waals surface area contributed by atoms with E-state index < -0.39 is 5.43 Å². The van der Waals surface area contributed by atoms with E-state index in [9.17, 15) is 4.79 Å². The molecule has 0 fully saturated rings. The summed E-state index contributed by atoms with van der Waals surface area (Å²) < 4.78 is 4.45. The molecule has 3 nitrogen and oxygen atoms in total. The summed E-state index contributed by atoms with van der Waals surface area (Å²) in [6.07, 6.45) is 1.42. The number of hydrogen-bond donors (Lipinski definition) is 0. The summed E-state index contributed by atoms with van der Waals surface area (Å²) in [6, 6.07) is 2.08. The van der Waals surface area contributed by atoms with Gasteiger partial charge in [0.05, 0.1) is 12.7 Å². The number of nitrogens with zero attached hydrogens (tertiary/aromatic N) is 1. The minimum atomic E-state index is -0.783. The van der Waals surface area contributed by atoms with E-state index in [4.69, 9.17) is 16.9 Å². The van der Waals surface area contributed by atoms with Gasteiger partial charge in [0.15, 0.2) is 0 Å². The van der Waals surface area contributed by atoms with Gasteiger partial charge in [0.25, 0.3) is 0 Å². The van der Waals surface area contributed by atoms with Crippen molar-refractivity contribution in [1.29, 1.82) is 5.26 Å². The van der Waals surface area contributed by atoms with Gasteiger partial charge in [0, 0.05) is 17.5 Å². The molecule has 1 atom stereocenters. The van der Waals surface area contributed by atoms with Gasteiger partial charge in [-0.2, -0.15) is 5.26 Å². The van der Waals surface area contributed by atoms with Crippen LogP contribution in [0.4, 0.5) is 4.79 Å². The van der Waals surface area contributed by atoms with Crippen molar-refractivity contribution < 1.29 is 9.53 Å². The molecular weight excluding hydrogens is 166 g/mol. The standard InChI is InChI=1S/C7H10ClNO2/c1-6(5-9)3-2-4-11-7(8)10/h6H,2-4H2,1H3. The third-order valence-electron chi connectivity index (χ3n) is 1.22. The fraction of sp³-hybridized carbons (Fsp3) is 0.714. The van der Waals surface area contributed by atoms with Crippen LogP contribution in [-0.4, -0.2) is 12.0 Å². The Morgan fingerprint density at radius 1 is 1.82 bits per heavy atom. The van der Waals surface area contributed by atoms with Crippen molar-refractivity contribution >= 4 is 17.0 Å². The van der Waals surface area contributed by atoms with Crippen LogP contribution in [0.3, 0.4) is 0 Å². The van der Waals surface area contributed by atoms with E-state index in [0.717, 1.165) is 6.42 Å². The molecule has 11 heavy (non-hydrogen) atoms. The van der Waals surface area contributed by atoms with Crippen LogP contribution >= 0.6 is 11.6 Å². The Kier molecular flexibility index (Phi) is 5.58. The number of halogens is 1. The van der Waals surface area contributed by atoms with Crippen molar-refractivity contribution in [2.24, 2.45) is 5.92 Å². The lowest BCUT2D eigenvalue weighted by atomic mass is 10.1. The fourth-order valence-corrected chi connectivity index (χ4v) is 0.684. The molecule has 4 heteroatoms. The van der Waals surface area contributed by atoms with E-state index in [1.807, 2.05) is 6.92 Å². The molecule has 0 aromatic rings. The highest BCUT2D eigenvalue weighted by Crippen LogP contribution is 2.03. The monoisotopic (exact) mass is 175 g/mol. The Morgan fingerprint density at radius 3 is 2.91 bits per heavy atom. The van der Waals surface area contributed by atoms with Gasteiger partial charge in [-0.3, -0.25) is 0 Å². The molecule has 0 spiro atoms. The summed E-state index contributed by atoms with van der Waals surface area (Å²) in [7, 11) is 0. The first-order valence-corrected chi connectivity index (χ1v) is 3.76. The van der Waals surface area contributed by atoms with Gasteiger partial charge in [-0.15, -0.1) is 0 Å². The molecule has 0 saturated heterocycles. The lowest BCUT2D eigenvalue weighted by Gasteiger charge is -2.00. The minimum Gasteiger partial charge on any atom is -0.454 e. The lowest BCUT2D eigenvalue weighted by Crippen LogP contribution is -1.99. The highest BCUT2D eigenvalue weighted by Gasteiger charge is 2.00. The molecule has 0 aliphatic carbocycles. The van der Waals surface area contributed by atoms with Crippen molar-refractivity contribution in [1.82, 2.24) is 0 Å². The van der Waals surface area contributed by atoms with Crippen molar-refractivity contribution in [2.45, 2.75) is 19.8 Å². The zero-order chi connectivity index (χ0) is 8.69. The van der Waals surface area contributed by atoms with Gasteiger partial charge in [0.1, 0.15) is 0 Å². The number of hydrogen-bond acceptors (Lipinski definition) is 3. The van der Waals surface area contributed by atoms with E-state index in [-0.39, 0.29) is 5.92 Å². The maximum absolute atomic E-state index is 10.0. The molecule has 0 amide bonds. The van der Waals surface area contributed by atoms with Crippen LogP contribution < -0.4 is 0 Å². The minimum absolute atomic E-state index is 0.0176. The maximum atomic E-state index is 10.0. The van der Waals surface area contributed by atoms with Crippen LogP contribution in [0.15, 0.2) is 0 Å². The molecule has 1 unspecified atom stereocenters. The Morgan fingerprint density at radius 2 is 2.45 bits per heavy atom. The molecule has 0 rings (SSSR count). The number of nitriles is 1. The summed E-state index contributed by atoms with van der Waals surface area (Å²) in [5.41, 5.74) is -0.783. The zero-order valence-corrected chi connectivity index (χ0v) is 7.10. The van der Waals surface area contributed by atoms with Gasteiger partial charge in [-0.1, -0.05) is 0 Å². The van der Waals surface area contributed by atoms with Crippen molar-refractivity contribution in [3.05, 3.63) is 0 Å². The molecule has 62 valence electrons. The van der Waals surface area contributed by atoms with Crippen molar-refractivity contribution in [3.63, 3.8) is 0 Å². The second-order valence-electron chi connectivity index (χ2n) is 2.26. The van der Waals surface area contributed by atoms with Gasteiger partial charge in [-0.05, 0) is 19.8 Å². The SMILES string of the molecule is CC(C#N)CCCOC(=O)Cl. The fourth-order valence-electron chi connectivity index (χ4n) is 0.606. The number of carbonyl (C=O) groups excluding carboxylic acids is 1. The van der Waals surface area contributed by atoms with Gasteiger partial charge >= 0.3 is 5.43 Å². The Balaban J connectivity index is 3.16. The molecule has 0 aromatic heterocycles. The third kappa shape index (κ3) is 7.14. The van der Waals surface area contributed by atoms with E-state index in [0.29, 0.717) is 13.0 Å². The lowest BCUT2D eigenvalue weighted by molar-refractivity contribution is 0.170. The van der Waals surface area contributed by atoms with E-state index in [1.165, 1.54) is 0 Å². The van der Waals surface area contributed by atoms with Gasteiger partial charge < -0.3 is 4.74 Å². The molecule has 0 radical (unpaired) electrons. The summed E-state index contributed by atoms with van der Waals surface area (Å²) in [5.74, 6) is 0.0176. The van der Waals surface area contributed by atoms with Crippen LogP contribution in [0.5, 0.6) is 0 Å². The third-order valence-corrected chi connectivity index (χ3v) is 1.33. The predicted octanol–water partition coefficient (Wildman–Crippen LogP) is 2.30. The van der Waals surface area contributed by atoms with E-state index in [2.05, 4.69) is 10.8 Å². The first-order valence-electron chi connectivity index (χ1n) is 3.38. The number of rotatable bonds is 4. The Labute approximate surface area is 70.9 Å². The van der Waals surface area contributed by atoms with Crippen LogP contribution in [0.25, 0.3) is 0 Å². The first-order chi connectivity index (χ1) is 5.16. The predicted molar refractivity (Wildman–Crippen MR) is 41.2 cm³/mol. The van der Waals surface area contributed by atoms with Gasteiger partial charge in [0.2, 0.25) is 0 Å². The molecule has 0 heterocycles. The van der Waals surface area contributed by atoms with Gasteiger partial charge in [-0.25, -0.2) is 4.79 Å². The van der Waals surface area contributed by atoms with Crippen molar-refractivity contribution in [3.8, 4) is 6.07 Å². The smallest absolute Gasteiger partial charge is 0.403 e. The van der Waals surface area contributed by atoms with Crippen LogP contribution in [0, 0.1) is 17.2 Å². The molecular formula is C7H10ClNO2. The van der Waals surface area contributed by atoms with Crippen LogP contribution in [0.1, 0.15) is 19.8 Å². The quantitative estimate of drug-likeness (QED) is 0.487. The average Bonchev–Trinajstić information content (AvgIpc) is 1.97. The first kappa shape index (κ1) is 10.2. The van der Waals surface area contributed by atoms with Crippen LogP contribution in [0.2, 0.25) is 0 Å². The Hall–Kier alpha value is -0.750. The van der Waals surface area contributed by atoms with Crippen molar-refractivity contribution in [2.75, 3.05) is 6.61 Å². The molecule has 0 aromatic carbocycles. The number of ether oxygens (including phenoxy) is 1. The van der Waals surface area contributed by atoms with E-state index in [1.54, 1.807) is 0 Å².